The van der Waals surface area contributed by atoms with Crippen LogP contribution in [0.25, 0.3) is 11.1 Å². The fourth-order valence-electron chi connectivity index (χ4n) is 4.66. The summed E-state index contributed by atoms with van der Waals surface area (Å²) in [5.74, 6) is 1.03. The van der Waals surface area contributed by atoms with Crippen LogP contribution in [0.15, 0.2) is 42.6 Å². The topological polar surface area (TPSA) is 75.2 Å². The van der Waals surface area contributed by atoms with Crippen molar-refractivity contribution in [3.05, 3.63) is 48.2 Å². The Morgan fingerprint density at radius 1 is 0.848 bits per heavy atom. The van der Waals surface area contributed by atoms with Crippen molar-refractivity contribution in [3.63, 3.8) is 0 Å². The van der Waals surface area contributed by atoms with Crippen LogP contribution >= 0.6 is 0 Å². The summed E-state index contributed by atoms with van der Waals surface area (Å²) >= 11 is 0. The highest BCUT2D eigenvalue weighted by molar-refractivity contribution is 5.95. The van der Waals surface area contributed by atoms with Crippen LogP contribution in [0.5, 0.6) is 0 Å². The summed E-state index contributed by atoms with van der Waals surface area (Å²) in [4.78, 5) is 35.9. The molecule has 8 nitrogen and oxygen atoms in total. The second kappa shape index (κ2) is 9.89. The third kappa shape index (κ3) is 4.86. The summed E-state index contributed by atoms with van der Waals surface area (Å²) in [7, 11) is 0. The quantitative estimate of drug-likeness (QED) is 0.710. The molecule has 8 heteroatoms. The zero-order chi connectivity index (χ0) is 22.6. The van der Waals surface area contributed by atoms with Gasteiger partial charge >= 0.3 is 0 Å². The van der Waals surface area contributed by atoms with Gasteiger partial charge < -0.3 is 24.2 Å². The average Bonchev–Trinajstić information content (AvgIpc) is 3.44. The van der Waals surface area contributed by atoms with E-state index in [1.165, 1.54) is 0 Å². The summed E-state index contributed by atoms with van der Waals surface area (Å²) in [6.07, 6.45) is 3.28. The molecule has 0 N–H and O–H groups in total. The fourth-order valence-corrected chi connectivity index (χ4v) is 4.66. The van der Waals surface area contributed by atoms with Crippen LogP contribution in [-0.4, -0.2) is 91.8 Å². The number of aromatic nitrogens is 1. The molecule has 2 amide bonds. The number of piperazine rings is 1. The van der Waals surface area contributed by atoms with Crippen LogP contribution in [-0.2, 0) is 14.3 Å². The molecule has 0 aliphatic carbocycles. The van der Waals surface area contributed by atoms with E-state index >= 15 is 0 Å². The lowest BCUT2D eigenvalue weighted by Gasteiger charge is -2.35. The van der Waals surface area contributed by atoms with E-state index in [2.05, 4.69) is 16.0 Å². The summed E-state index contributed by atoms with van der Waals surface area (Å²) in [5, 5.41) is 0. The highest BCUT2D eigenvalue weighted by Crippen LogP contribution is 2.24. The van der Waals surface area contributed by atoms with Crippen LogP contribution in [0.4, 0.5) is 5.82 Å². The van der Waals surface area contributed by atoms with Gasteiger partial charge in [0.15, 0.2) is 0 Å². The van der Waals surface area contributed by atoms with E-state index < -0.39 is 0 Å². The lowest BCUT2D eigenvalue weighted by Crippen LogP contribution is -2.52. The van der Waals surface area contributed by atoms with Gasteiger partial charge in [-0.15, -0.1) is 0 Å². The molecule has 3 aliphatic rings. The number of rotatable bonds is 4. The molecule has 2 aromatic rings. The van der Waals surface area contributed by atoms with E-state index in [4.69, 9.17) is 9.47 Å². The number of hydrogen-bond donors (Lipinski definition) is 0. The van der Waals surface area contributed by atoms with E-state index in [1.807, 2.05) is 46.3 Å². The number of pyridine rings is 1. The molecule has 0 unspecified atom stereocenters. The van der Waals surface area contributed by atoms with Crippen LogP contribution in [0.3, 0.4) is 0 Å². The zero-order valence-corrected chi connectivity index (χ0v) is 18.8. The second-order valence-electron chi connectivity index (χ2n) is 8.70. The number of nitrogens with zero attached hydrogens (tertiary/aromatic N) is 4. The average molecular weight is 451 g/mol. The van der Waals surface area contributed by atoms with E-state index in [0.717, 1.165) is 56.1 Å². The molecule has 0 saturated carbocycles. The van der Waals surface area contributed by atoms with Crippen LogP contribution < -0.4 is 4.90 Å². The molecule has 3 aliphatic heterocycles. The highest BCUT2D eigenvalue weighted by Gasteiger charge is 2.31. The molecule has 4 heterocycles. The first-order valence-electron chi connectivity index (χ1n) is 11.8. The minimum atomic E-state index is -0.295. The van der Waals surface area contributed by atoms with Gasteiger partial charge in [0.2, 0.25) is 0 Å². The van der Waals surface area contributed by atoms with E-state index in [1.54, 1.807) is 0 Å². The number of carbonyl (C=O) groups is 2. The number of amides is 2. The Balaban J connectivity index is 1.20. The molecule has 1 aromatic carbocycles. The van der Waals surface area contributed by atoms with Gasteiger partial charge in [-0.2, -0.15) is 0 Å². The molecule has 1 atom stereocenters. The first kappa shape index (κ1) is 21.9. The molecule has 33 heavy (non-hydrogen) atoms. The number of ether oxygens (including phenoxy) is 2. The number of benzene rings is 1. The minimum Gasteiger partial charge on any atom is -0.378 e. The predicted octanol–water partition coefficient (Wildman–Crippen LogP) is 2.05. The Hall–Kier alpha value is -2.97. The van der Waals surface area contributed by atoms with Crippen LogP contribution in [0, 0.1) is 0 Å². The number of carbonyl (C=O) groups excluding carboxylic acids is 2. The Bertz CT molecular complexity index is 976. The zero-order valence-electron chi connectivity index (χ0n) is 18.8. The summed E-state index contributed by atoms with van der Waals surface area (Å²) in [5.41, 5.74) is 2.79. The third-order valence-electron chi connectivity index (χ3n) is 6.63. The number of anilines is 1. The lowest BCUT2D eigenvalue weighted by molar-refractivity contribution is -0.142. The smallest absolute Gasteiger partial charge is 0.253 e. The Morgan fingerprint density at radius 2 is 1.58 bits per heavy atom. The highest BCUT2D eigenvalue weighted by atomic mass is 16.5. The van der Waals surface area contributed by atoms with E-state index in [9.17, 15) is 9.59 Å². The van der Waals surface area contributed by atoms with Crippen LogP contribution in [0.2, 0.25) is 0 Å². The summed E-state index contributed by atoms with van der Waals surface area (Å²) in [6.45, 7) is 6.01. The molecule has 0 spiro atoms. The third-order valence-corrected chi connectivity index (χ3v) is 6.63. The molecule has 1 aromatic heterocycles. The van der Waals surface area contributed by atoms with Crippen LogP contribution in [0.1, 0.15) is 23.2 Å². The molecule has 174 valence electrons. The maximum Gasteiger partial charge on any atom is 0.253 e. The standard InChI is InChI=1S/C25H30N4O4/c30-24(28-9-11-29(12-10-28)25(31)22-2-1-15-33-22)20-5-3-19(4-6-20)21-7-8-26-23(18-21)27-13-16-32-17-14-27/h3-8,18,22H,1-2,9-17H2/t22-/m0/s1. The fraction of sp³-hybridized carbons (Fsp3) is 0.480. The number of hydrogen-bond acceptors (Lipinski definition) is 6. The van der Waals surface area contributed by atoms with Gasteiger partial charge in [0, 0.05) is 57.6 Å². The van der Waals surface area contributed by atoms with Gasteiger partial charge in [-0.1, -0.05) is 12.1 Å². The Morgan fingerprint density at radius 3 is 2.27 bits per heavy atom. The predicted molar refractivity (Wildman–Crippen MR) is 124 cm³/mol. The molecule has 0 bridgehead atoms. The van der Waals surface area contributed by atoms with Gasteiger partial charge in [-0.05, 0) is 48.2 Å². The van der Waals surface area contributed by atoms with Crippen molar-refractivity contribution in [1.29, 1.82) is 0 Å². The van der Waals surface area contributed by atoms with Crippen molar-refractivity contribution in [2.45, 2.75) is 18.9 Å². The largest absolute Gasteiger partial charge is 0.378 e. The maximum atomic E-state index is 13.0. The molecular weight excluding hydrogens is 420 g/mol. The monoisotopic (exact) mass is 450 g/mol. The van der Waals surface area contributed by atoms with Crippen molar-refractivity contribution in [2.75, 3.05) is 64.0 Å². The molecule has 3 fully saturated rings. The lowest BCUT2D eigenvalue weighted by atomic mass is 10.0. The van der Waals surface area contributed by atoms with Crippen molar-refractivity contribution >= 4 is 17.6 Å². The van der Waals surface area contributed by atoms with Crippen molar-refractivity contribution in [1.82, 2.24) is 14.8 Å². The van der Waals surface area contributed by atoms with Crippen molar-refractivity contribution < 1.29 is 19.1 Å². The Kier molecular flexibility index (Phi) is 6.55. The second-order valence-corrected chi connectivity index (χ2v) is 8.70. The molecule has 3 saturated heterocycles. The molecular formula is C25H30N4O4. The van der Waals surface area contributed by atoms with Gasteiger partial charge in [-0.25, -0.2) is 4.98 Å². The SMILES string of the molecule is O=C(c1ccc(-c2ccnc(N3CCOCC3)c2)cc1)N1CCN(C(=O)[C@@H]2CCCO2)CC1. The normalized spacial score (nSPS) is 21.3. The van der Waals surface area contributed by atoms with Gasteiger partial charge in [0.05, 0.1) is 13.2 Å². The molecule has 5 rings (SSSR count). The Labute approximate surface area is 194 Å². The minimum absolute atomic E-state index is 0.00880. The van der Waals surface area contributed by atoms with E-state index in [0.29, 0.717) is 38.3 Å². The number of morpholine rings is 1. The van der Waals surface area contributed by atoms with Crippen molar-refractivity contribution in [3.8, 4) is 11.1 Å². The summed E-state index contributed by atoms with van der Waals surface area (Å²) < 4.78 is 10.9. The van der Waals surface area contributed by atoms with Crippen molar-refractivity contribution in [2.24, 2.45) is 0 Å². The van der Waals surface area contributed by atoms with E-state index in [-0.39, 0.29) is 17.9 Å². The first-order valence-corrected chi connectivity index (χ1v) is 11.8. The van der Waals surface area contributed by atoms with Gasteiger partial charge in [0.25, 0.3) is 11.8 Å². The summed E-state index contributed by atoms with van der Waals surface area (Å²) in [6, 6.07) is 11.8. The first-order chi connectivity index (χ1) is 16.2. The maximum absolute atomic E-state index is 13.0. The van der Waals surface area contributed by atoms with Gasteiger partial charge in [-0.3, -0.25) is 9.59 Å². The molecule has 0 radical (unpaired) electrons. The van der Waals surface area contributed by atoms with Gasteiger partial charge in [0.1, 0.15) is 11.9 Å².